The van der Waals surface area contributed by atoms with Crippen molar-refractivity contribution in [1.82, 2.24) is 0 Å². The molecule has 0 aliphatic rings. The average Bonchev–Trinajstić information content (AvgIpc) is 1.72. The fourth-order valence-electron chi connectivity index (χ4n) is 2.15. The van der Waals surface area contributed by atoms with Crippen molar-refractivity contribution in [3.8, 4) is 0 Å². The molecule has 16 heavy (non-hydrogen) atoms. The van der Waals surface area contributed by atoms with Crippen molar-refractivity contribution < 1.29 is 9.84 Å². The van der Waals surface area contributed by atoms with Crippen LogP contribution in [0.25, 0.3) is 0 Å². The maximum atomic E-state index is 10.2. The first-order valence-electron chi connectivity index (χ1n) is 6.09. The van der Waals surface area contributed by atoms with Crippen molar-refractivity contribution >= 4 is 0 Å². The fourth-order valence-corrected chi connectivity index (χ4v) is 2.15. The molecule has 0 amide bonds. The molecule has 0 fully saturated rings. The summed E-state index contributed by atoms with van der Waals surface area (Å²) in [7, 11) is 0. The van der Waals surface area contributed by atoms with Gasteiger partial charge in [0.15, 0.2) is 0 Å². The van der Waals surface area contributed by atoms with Crippen LogP contribution in [0.2, 0.25) is 0 Å². The van der Waals surface area contributed by atoms with Crippen LogP contribution in [0.3, 0.4) is 0 Å². The number of rotatable bonds is 4. The molecule has 0 aliphatic carbocycles. The molecule has 0 unspecified atom stereocenters. The van der Waals surface area contributed by atoms with E-state index in [1.807, 2.05) is 13.8 Å². The lowest BCUT2D eigenvalue weighted by Crippen LogP contribution is -2.46. The van der Waals surface area contributed by atoms with Crippen LogP contribution in [-0.4, -0.2) is 21.9 Å². The lowest BCUT2D eigenvalue weighted by atomic mass is 9.70. The largest absolute Gasteiger partial charge is 0.390 e. The summed E-state index contributed by atoms with van der Waals surface area (Å²) in [5.74, 6) is 0. The predicted molar refractivity (Wildman–Crippen MR) is 69.6 cm³/mol. The van der Waals surface area contributed by atoms with Crippen LogP contribution < -0.4 is 0 Å². The smallest absolute Gasteiger partial charge is 0.0643 e. The SMILES string of the molecule is CC(C)(C)OC(C)(C)CC(C)(C)C(C)(C)O. The zero-order chi connectivity index (χ0) is 13.4. The fraction of sp³-hybridized carbons (Fsp3) is 1.00. The Labute approximate surface area is 101 Å². The molecule has 0 aliphatic heterocycles. The molecule has 0 saturated heterocycles. The third kappa shape index (κ3) is 5.31. The van der Waals surface area contributed by atoms with Crippen molar-refractivity contribution in [2.75, 3.05) is 0 Å². The lowest BCUT2D eigenvalue weighted by molar-refractivity contribution is -0.151. The van der Waals surface area contributed by atoms with E-state index in [1.54, 1.807) is 0 Å². The molecule has 98 valence electrons. The Kier molecular flexibility index (Phi) is 4.28. The molecule has 0 atom stereocenters. The van der Waals surface area contributed by atoms with Crippen molar-refractivity contribution in [3.63, 3.8) is 0 Å². The Hall–Kier alpha value is -0.0800. The van der Waals surface area contributed by atoms with Gasteiger partial charge in [-0.05, 0) is 60.3 Å². The summed E-state index contributed by atoms with van der Waals surface area (Å²) in [5, 5.41) is 10.2. The molecule has 0 spiro atoms. The van der Waals surface area contributed by atoms with E-state index >= 15 is 0 Å². The third-order valence-electron chi connectivity index (χ3n) is 3.11. The predicted octanol–water partition coefficient (Wildman–Crippen LogP) is 3.77. The van der Waals surface area contributed by atoms with E-state index in [4.69, 9.17) is 4.74 Å². The van der Waals surface area contributed by atoms with Crippen LogP contribution in [0.15, 0.2) is 0 Å². The second-order valence-corrected chi connectivity index (χ2v) is 7.59. The maximum Gasteiger partial charge on any atom is 0.0643 e. The highest BCUT2D eigenvalue weighted by Gasteiger charge is 2.41. The highest BCUT2D eigenvalue weighted by Crippen LogP contribution is 2.40. The first-order chi connectivity index (χ1) is 6.66. The second-order valence-electron chi connectivity index (χ2n) is 7.59. The van der Waals surface area contributed by atoms with Crippen molar-refractivity contribution in [1.29, 1.82) is 0 Å². The molecule has 0 rings (SSSR count). The molecule has 0 bridgehead atoms. The Balaban J connectivity index is 4.72. The van der Waals surface area contributed by atoms with Crippen molar-refractivity contribution in [3.05, 3.63) is 0 Å². The van der Waals surface area contributed by atoms with Gasteiger partial charge in [0, 0.05) is 0 Å². The van der Waals surface area contributed by atoms with E-state index in [0.717, 1.165) is 6.42 Å². The number of hydrogen-bond donors (Lipinski definition) is 1. The summed E-state index contributed by atoms with van der Waals surface area (Å²) >= 11 is 0. The molecular weight excluding hydrogens is 200 g/mol. The zero-order valence-electron chi connectivity index (χ0n) is 12.6. The number of aliphatic hydroxyl groups is 1. The van der Waals surface area contributed by atoms with Crippen LogP contribution in [0.4, 0.5) is 0 Å². The van der Waals surface area contributed by atoms with Crippen LogP contribution in [-0.2, 0) is 4.74 Å². The molecule has 0 radical (unpaired) electrons. The Morgan fingerprint density at radius 3 is 1.44 bits per heavy atom. The lowest BCUT2D eigenvalue weighted by Gasteiger charge is -2.44. The van der Waals surface area contributed by atoms with E-state index in [0.29, 0.717) is 0 Å². The topological polar surface area (TPSA) is 29.5 Å². The molecule has 2 heteroatoms. The van der Waals surface area contributed by atoms with Gasteiger partial charge >= 0.3 is 0 Å². The first-order valence-corrected chi connectivity index (χ1v) is 6.09. The summed E-state index contributed by atoms with van der Waals surface area (Å²) in [4.78, 5) is 0. The highest BCUT2D eigenvalue weighted by molar-refractivity contribution is 4.91. The van der Waals surface area contributed by atoms with Crippen LogP contribution >= 0.6 is 0 Å². The van der Waals surface area contributed by atoms with Crippen LogP contribution in [0, 0.1) is 5.41 Å². The Bertz CT molecular complexity index is 226. The summed E-state index contributed by atoms with van der Waals surface area (Å²) in [5.41, 5.74) is -1.27. The summed E-state index contributed by atoms with van der Waals surface area (Å²) in [6.45, 7) is 18.3. The highest BCUT2D eigenvalue weighted by atomic mass is 16.5. The van der Waals surface area contributed by atoms with E-state index < -0.39 is 5.60 Å². The number of hydrogen-bond acceptors (Lipinski definition) is 2. The van der Waals surface area contributed by atoms with Gasteiger partial charge in [-0.25, -0.2) is 0 Å². The first kappa shape index (κ1) is 15.9. The van der Waals surface area contributed by atoms with Gasteiger partial charge in [-0.1, -0.05) is 13.8 Å². The second kappa shape index (κ2) is 4.30. The van der Waals surface area contributed by atoms with Crippen molar-refractivity contribution in [2.24, 2.45) is 5.41 Å². The van der Waals surface area contributed by atoms with Gasteiger partial charge in [-0.2, -0.15) is 0 Å². The average molecular weight is 230 g/mol. The minimum Gasteiger partial charge on any atom is -0.390 e. The molecule has 0 aromatic rings. The van der Waals surface area contributed by atoms with Gasteiger partial charge in [-0.15, -0.1) is 0 Å². The monoisotopic (exact) mass is 230 g/mol. The molecule has 0 aromatic heterocycles. The van der Waals surface area contributed by atoms with Gasteiger partial charge < -0.3 is 9.84 Å². The number of ether oxygens (including phenoxy) is 1. The molecule has 1 N–H and O–H groups in total. The zero-order valence-corrected chi connectivity index (χ0v) is 12.6. The molecule has 0 aromatic carbocycles. The van der Waals surface area contributed by atoms with E-state index in [-0.39, 0.29) is 16.6 Å². The van der Waals surface area contributed by atoms with Gasteiger partial charge in [0.2, 0.25) is 0 Å². The van der Waals surface area contributed by atoms with E-state index in [9.17, 15) is 5.11 Å². The molecule has 2 nitrogen and oxygen atoms in total. The van der Waals surface area contributed by atoms with Crippen molar-refractivity contribution in [2.45, 2.75) is 85.5 Å². The normalized spacial score (nSPS) is 15.4. The molecule has 0 saturated carbocycles. The minimum atomic E-state index is -0.703. The van der Waals surface area contributed by atoms with Gasteiger partial charge in [-0.3, -0.25) is 0 Å². The molecular formula is C14H30O2. The van der Waals surface area contributed by atoms with Gasteiger partial charge in [0.1, 0.15) is 0 Å². The Morgan fingerprint density at radius 2 is 1.19 bits per heavy atom. The van der Waals surface area contributed by atoms with E-state index in [2.05, 4.69) is 48.5 Å². The quantitative estimate of drug-likeness (QED) is 0.796. The van der Waals surface area contributed by atoms with Crippen LogP contribution in [0.1, 0.15) is 68.7 Å². The van der Waals surface area contributed by atoms with Crippen LogP contribution in [0.5, 0.6) is 0 Å². The minimum absolute atomic E-state index is 0.154. The molecule has 0 heterocycles. The van der Waals surface area contributed by atoms with Gasteiger partial charge in [0.05, 0.1) is 16.8 Å². The van der Waals surface area contributed by atoms with E-state index in [1.165, 1.54) is 0 Å². The summed E-state index contributed by atoms with van der Waals surface area (Å²) < 4.78 is 6.05. The third-order valence-corrected chi connectivity index (χ3v) is 3.11. The maximum absolute atomic E-state index is 10.2. The standard InChI is InChI=1S/C14H30O2/c1-11(2,3)16-13(6,7)10-12(4,5)14(8,9)15/h15H,10H2,1-9H3. The van der Waals surface area contributed by atoms with Gasteiger partial charge in [0.25, 0.3) is 0 Å². The summed E-state index contributed by atoms with van der Waals surface area (Å²) in [6, 6.07) is 0. The Morgan fingerprint density at radius 1 is 0.812 bits per heavy atom. The summed E-state index contributed by atoms with van der Waals surface area (Å²) in [6.07, 6.45) is 0.820.